The third-order valence-corrected chi connectivity index (χ3v) is 2.48. The van der Waals surface area contributed by atoms with Crippen molar-refractivity contribution in [2.45, 2.75) is 32.9 Å². The van der Waals surface area contributed by atoms with E-state index in [1.54, 1.807) is 6.08 Å². The van der Waals surface area contributed by atoms with Gasteiger partial charge in [-0.25, -0.2) is 0 Å². The highest BCUT2D eigenvalue weighted by atomic mass is 15.1. The second kappa shape index (κ2) is 5.54. The summed E-state index contributed by atoms with van der Waals surface area (Å²) in [6, 6.07) is 0.602. The number of hydrogen-bond acceptors (Lipinski definition) is 4. The summed E-state index contributed by atoms with van der Waals surface area (Å²) in [5.41, 5.74) is 17.4. The molecule has 0 amide bonds. The van der Waals surface area contributed by atoms with Gasteiger partial charge in [0.25, 0.3) is 0 Å². The van der Waals surface area contributed by atoms with Crippen molar-refractivity contribution in [1.29, 1.82) is 0 Å². The van der Waals surface area contributed by atoms with Gasteiger partial charge in [0.2, 0.25) is 0 Å². The Labute approximate surface area is 86.4 Å². The van der Waals surface area contributed by atoms with Crippen LogP contribution in [0.3, 0.4) is 0 Å². The van der Waals surface area contributed by atoms with E-state index < -0.39 is 0 Å². The average molecular weight is 198 g/mol. The lowest BCUT2D eigenvalue weighted by molar-refractivity contribution is 0.234. The molecule has 4 heteroatoms. The Morgan fingerprint density at radius 2 is 1.71 bits per heavy atom. The van der Waals surface area contributed by atoms with E-state index in [1.165, 1.54) is 6.20 Å². The van der Waals surface area contributed by atoms with Gasteiger partial charge in [-0.3, -0.25) is 4.90 Å². The first-order valence-corrected chi connectivity index (χ1v) is 4.77. The van der Waals surface area contributed by atoms with E-state index in [-0.39, 0.29) is 6.04 Å². The molecule has 82 valence electrons. The Morgan fingerprint density at radius 3 is 2.00 bits per heavy atom. The smallest absolute Gasteiger partial charge is 0.0983 e. The molecule has 0 aliphatic rings. The third kappa shape index (κ3) is 3.30. The van der Waals surface area contributed by atoms with Crippen LogP contribution in [0.25, 0.3) is 0 Å². The van der Waals surface area contributed by atoms with Crippen LogP contribution in [0.5, 0.6) is 0 Å². The van der Waals surface area contributed by atoms with Crippen molar-refractivity contribution in [3.63, 3.8) is 0 Å². The molecular weight excluding hydrogens is 176 g/mol. The summed E-state index contributed by atoms with van der Waals surface area (Å²) in [6.07, 6.45) is 3.21. The first-order valence-electron chi connectivity index (χ1n) is 4.77. The van der Waals surface area contributed by atoms with E-state index in [0.29, 0.717) is 11.9 Å². The Bertz CT molecular complexity index is 226. The van der Waals surface area contributed by atoms with Crippen LogP contribution in [0, 0.1) is 0 Å². The first kappa shape index (κ1) is 12.8. The van der Waals surface area contributed by atoms with Gasteiger partial charge in [-0.15, -0.1) is 0 Å². The predicted molar refractivity (Wildman–Crippen MR) is 61.1 cm³/mol. The zero-order chi connectivity index (χ0) is 11.3. The Kier molecular flexibility index (Phi) is 5.09. The molecule has 6 N–H and O–H groups in total. The number of hydrogen-bond donors (Lipinski definition) is 3. The summed E-state index contributed by atoms with van der Waals surface area (Å²) < 4.78 is 0. The quantitative estimate of drug-likeness (QED) is 0.568. The largest absolute Gasteiger partial charge is 0.405 e. The summed E-state index contributed by atoms with van der Waals surface area (Å²) in [6.45, 7) is 6.29. The van der Waals surface area contributed by atoms with Gasteiger partial charge in [0, 0.05) is 17.7 Å². The second-order valence-electron chi connectivity index (χ2n) is 3.70. The third-order valence-electron chi connectivity index (χ3n) is 2.48. The van der Waals surface area contributed by atoms with Crippen molar-refractivity contribution in [3.05, 3.63) is 23.7 Å². The van der Waals surface area contributed by atoms with E-state index in [0.717, 1.165) is 5.57 Å². The molecule has 0 fully saturated rings. The molecular formula is C10H22N4. The Balaban J connectivity index is 4.79. The highest BCUT2D eigenvalue weighted by Crippen LogP contribution is 2.13. The van der Waals surface area contributed by atoms with E-state index >= 15 is 0 Å². The van der Waals surface area contributed by atoms with Gasteiger partial charge in [-0.05, 0) is 40.1 Å². The van der Waals surface area contributed by atoms with Crippen molar-refractivity contribution in [1.82, 2.24) is 4.90 Å². The maximum absolute atomic E-state index is 5.59. The minimum absolute atomic E-state index is 0.166. The number of rotatable bonds is 4. The number of likely N-dealkylation sites (N-methyl/N-ethyl adjacent to an activating group) is 1. The van der Waals surface area contributed by atoms with Crippen molar-refractivity contribution >= 4 is 0 Å². The van der Waals surface area contributed by atoms with Crippen molar-refractivity contribution in [2.75, 3.05) is 7.05 Å². The maximum Gasteiger partial charge on any atom is 0.0983 e. The van der Waals surface area contributed by atoms with Crippen LogP contribution in [-0.4, -0.2) is 24.0 Å². The molecule has 0 saturated heterocycles. The zero-order valence-corrected chi connectivity index (χ0v) is 9.49. The average Bonchev–Trinajstić information content (AvgIpc) is 2.11. The van der Waals surface area contributed by atoms with Gasteiger partial charge >= 0.3 is 0 Å². The molecule has 0 aromatic carbocycles. The highest BCUT2D eigenvalue weighted by Gasteiger charge is 2.16. The van der Waals surface area contributed by atoms with Gasteiger partial charge in [0.15, 0.2) is 0 Å². The van der Waals surface area contributed by atoms with Crippen LogP contribution in [0.15, 0.2) is 23.7 Å². The fraction of sp³-hybridized carbons (Fsp3) is 0.600. The first-order chi connectivity index (χ1) is 6.41. The summed E-state index contributed by atoms with van der Waals surface area (Å²) in [5, 5.41) is 0. The lowest BCUT2D eigenvalue weighted by Gasteiger charge is -2.29. The molecule has 1 unspecified atom stereocenters. The van der Waals surface area contributed by atoms with Crippen LogP contribution in [-0.2, 0) is 0 Å². The van der Waals surface area contributed by atoms with Crippen molar-refractivity contribution in [2.24, 2.45) is 17.2 Å². The topological polar surface area (TPSA) is 81.3 Å². The molecule has 0 rings (SSSR count). The SMILES string of the molecule is CC(C)N(C)C(C)C(/C=C\N)=C(N)N. The zero-order valence-electron chi connectivity index (χ0n) is 9.49. The predicted octanol–water partition coefficient (Wildman–Crippen LogP) is 0.317. The highest BCUT2D eigenvalue weighted by molar-refractivity contribution is 5.27. The van der Waals surface area contributed by atoms with Crippen LogP contribution >= 0.6 is 0 Å². The fourth-order valence-electron chi connectivity index (χ4n) is 1.25. The molecule has 0 aliphatic carbocycles. The molecule has 0 saturated carbocycles. The molecule has 0 aromatic heterocycles. The summed E-state index contributed by atoms with van der Waals surface area (Å²) in [5.74, 6) is 0.326. The molecule has 0 radical (unpaired) electrons. The van der Waals surface area contributed by atoms with Gasteiger partial charge < -0.3 is 17.2 Å². The van der Waals surface area contributed by atoms with Gasteiger partial charge in [-0.1, -0.05) is 0 Å². The minimum Gasteiger partial charge on any atom is -0.405 e. The van der Waals surface area contributed by atoms with Crippen molar-refractivity contribution in [3.8, 4) is 0 Å². The monoisotopic (exact) mass is 198 g/mol. The lowest BCUT2D eigenvalue weighted by atomic mass is 10.1. The van der Waals surface area contributed by atoms with E-state index in [4.69, 9.17) is 17.2 Å². The molecule has 0 heterocycles. The number of nitrogens with zero attached hydrogens (tertiary/aromatic N) is 1. The van der Waals surface area contributed by atoms with Crippen molar-refractivity contribution < 1.29 is 0 Å². The number of nitrogens with two attached hydrogens (primary N) is 3. The molecule has 0 aliphatic heterocycles. The van der Waals surface area contributed by atoms with E-state index in [1.807, 2.05) is 7.05 Å². The maximum atomic E-state index is 5.59. The Morgan fingerprint density at radius 1 is 1.21 bits per heavy atom. The van der Waals surface area contributed by atoms with Gasteiger partial charge in [0.1, 0.15) is 0 Å². The lowest BCUT2D eigenvalue weighted by Crippen LogP contribution is -2.37. The summed E-state index contributed by atoms with van der Waals surface area (Å²) in [7, 11) is 2.03. The minimum atomic E-state index is 0.166. The standard InChI is InChI=1S/C10H22N4/c1-7(2)14(4)8(3)9(5-6-11)10(12)13/h5-8H,11-13H2,1-4H3/b6-5-. The van der Waals surface area contributed by atoms with E-state index in [2.05, 4.69) is 25.7 Å². The molecule has 1 atom stereocenters. The van der Waals surface area contributed by atoms with Gasteiger partial charge in [-0.2, -0.15) is 0 Å². The molecule has 14 heavy (non-hydrogen) atoms. The summed E-state index contributed by atoms with van der Waals surface area (Å²) in [4.78, 5) is 2.18. The molecule has 0 aromatic rings. The molecule has 0 bridgehead atoms. The molecule has 0 spiro atoms. The van der Waals surface area contributed by atoms with Crippen LogP contribution in [0.1, 0.15) is 20.8 Å². The summed E-state index contributed by atoms with van der Waals surface area (Å²) >= 11 is 0. The van der Waals surface area contributed by atoms with Crippen LogP contribution in [0.2, 0.25) is 0 Å². The van der Waals surface area contributed by atoms with Crippen LogP contribution < -0.4 is 17.2 Å². The fourth-order valence-corrected chi connectivity index (χ4v) is 1.25. The second-order valence-corrected chi connectivity index (χ2v) is 3.70. The normalized spacial score (nSPS) is 13.9. The molecule has 4 nitrogen and oxygen atoms in total. The Hall–Kier alpha value is -1.16. The van der Waals surface area contributed by atoms with Gasteiger partial charge in [0.05, 0.1) is 5.82 Å². The van der Waals surface area contributed by atoms with Crippen LogP contribution in [0.4, 0.5) is 0 Å². The van der Waals surface area contributed by atoms with E-state index in [9.17, 15) is 0 Å².